The van der Waals surface area contributed by atoms with E-state index in [2.05, 4.69) is 6.07 Å². The Bertz CT molecular complexity index is 1450. The Morgan fingerprint density at radius 2 is 1.78 bits per heavy atom. The summed E-state index contributed by atoms with van der Waals surface area (Å²) < 4.78 is 12.3. The van der Waals surface area contributed by atoms with Crippen LogP contribution in [-0.2, 0) is 14.3 Å². The molecular formula is C28H23ClN2O5. The SMILES string of the molecule is C[C@@]12O[C@@](CCOc3ccc(Cl)cc3)(CC1O)[C@@H]1C(=O)N(c3ccc(C#N)c4ccccc34)C(=O)[C@@H]12. The van der Waals surface area contributed by atoms with E-state index in [1.165, 1.54) is 4.90 Å². The predicted octanol–water partition coefficient (Wildman–Crippen LogP) is 4.23. The molecule has 2 amide bonds. The van der Waals surface area contributed by atoms with E-state index in [4.69, 9.17) is 21.1 Å². The Hall–Kier alpha value is -3.44. The van der Waals surface area contributed by atoms with Crippen molar-refractivity contribution < 1.29 is 24.2 Å². The maximum Gasteiger partial charge on any atom is 0.240 e. The molecule has 3 aliphatic rings. The molecule has 1 N–H and O–H groups in total. The molecule has 182 valence electrons. The van der Waals surface area contributed by atoms with Crippen LogP contribution in [0.3, 0.4) is 0 Å². The number of carbonyl (C=O) groups is 2. The molecule has 8 heteroatoms. The van der Waals surface area contributed by atoms with Gasteiger partial charge in [-0.2, -0.15) is 5.26 Å². The van der Waals surface area contributed by atoms with Gasteiger partial charge in [0.15, 0.2) is 0 Å². The van der Waals surface area contributed by atoms with Gasteiger partial charge in [-0.3, -0.25) is 9.59 Å². The van der Waals surface area contributed by atoms with Crippen molar-refractivity contribution in [1.29, 1.82) is 5.26 Å². The zero-order valence-electron chi connectivity index (χ0n) is 19.5. The maximum atomic E-state index is 13.9. The molecule has 0 radical (unpaired) electrons. The zero-order valence-corrected chi connectivity index (χ0v) is 20.2. The third-order valence-electron chi connectivity index (χ3n) is 7.98. The van der Waals surface area contributed by atoms with Gasteiger partial charge in [-0.15, -0.1) is 0 Å². The van der Waals surface area contributed by atoms with Crippen molar-refractivity contribution in [1.82, 2.24) is 0 Å². The maximum absolute atomic E-state index is 13.9. The summed E-state index contributed by atoms with van der Waals surface area (Å²) in [6, 6.07) is 19.7. The summed E-state index contributed by atoms with van der Waals surface area (Å²) in [7, 11) is 0. The summed E-state index contributed by atoms with van der Waals surface area (Å²) in [6.07, 6.45) is -0.302. The Labute approximate surface area is 212 Å². The van der Waals surface area contributed by atoms with E-state index in [-0.39, 0.29) is 24.8 Å². The normalized spacial score (nSPS) is 30.6. The molecule has 1 unspecified atom stereocenters. The van der Waals surface area contributed by atoms with Gasteiger partial charge in [0.2, 0.25) is 11.8 Å². The second-order valence-electron chi connectivity index (χ2n) is 9.88. The number of carbonyl (C=O) groups excluding carboxylic acids is 2. The number of fused-ring (bicyclic) bond motifs is 6. The summed E-state index contributed by atoms with van der Waals surface area (Å²) in [5.74, 6) is -1.64. The summed E-state index contributed by atoms with van der Waals surface area (Å²) in [4.78, 5) is 29.0. The molecule has 0 aromatic heterocycles. The van der Waals surface area contributed by atoms with Gasteiger partial charge in [-0.05, 0) is 43.3 Å². The summed E-state index contributed by atoms with van der Waals surface area (Å²) in [5, 5.41) is 22.4. The first kappa shape index (κ1) is 23.0. The number of benzene rings is 3. The zero-order chi connectivity index (χ0) is 25.2. The molecule has 3 fully saturated rings. The molecule has 3 aliphatic heterocycles. The highest BCUT2D eigenvalue weighted by Crippen LogP contribution is 2.62. The van der Waals surface area contributed by atoms with E-state index in [0.29, 0.717) is 39.2 Å². The molecule has 0 aliphatic carbocycles. The second kappa shape index (κ2) is 8.04. The highest BCUT2D eigenvalue weighted by Gasteiger charge is 2.77. The van der Waals surface area contributed by atoms with E-state index in [0.717, 1.165) is 0 Å². The van der Waals surface area contributed by atoms with Crippen molar-refractivity contribution in [3.8, 4) is 11.8 Å². The van der Waals surface area contributed by atoms with Gasteiger partial charge < -0.3 is 14.6 Å². The predicted molar refractivity (Wildman–Crippen MR) is 133 cm³/mol. The van der Waals surface area contributed by atoms with Gasteiger partial charge in [0.25, 0.3) is 0 Å². The van der Waals surface area contributed by atoms with E-state index in [9.17, 15) is 20.0 Å². The van der Waals surface area contributed by atoms with Crippen LogP contribution in [0.5, 0.6) is 5.75 Å². The van der Waals surface area contributed by atoms with E-state index in [1.807, 2.05) is 12.1 Å². The van der Waals surface area contributed by atoms with Crippen LogP contribution in [0.2, 0.25) is 5.02 Å². The van der Waals surface area contributed by atoms with Crippen molar-refractivity contribution in [3.63, 3.8) is 0 Å². The molecule has 6 rings (SSSR count). The molecule has 7 nitrogen and oxygen atoms in total. The Morgan fingerprint density at radius 1 is 1.08 bits per heavy atom. The number of ether oxygens (including phenoxy) is 2. The molecule has 3 saturated heterocycles. The van der Waals surface area contributed by atoms with Gasteiger partial charge >= 0.3 is 0 Å². The van der Waals surface area contributed by atoms with Crippen molar-refractivity contribution >= 4 is 39.9 Å². The number of hydrogen-bond donors (Lipinski definition) is 1. The van der Waals surface area contributed by atoms with Crippen LogP contribution in [0.1, 0.15) is 25.3 Å². The molecule has 0 saturated carbocycles. The average Bonchev–Trinajstić information content (AvgIpc) is 3.41. The lowest BCUT2D eigenvalue weighted by Gasteiger charge is -2.33. The number of halogens is 1. The summed E-state index contributed by atoms with van der Waals surface area (Å²) in [5.41, 5.74) is -1.28. The number of anilines is 1. The molecular weight excluding hydrogens is 480 g/mol. The highest BCUT2D eigenvalue weighted by atomic mass is 35.5. The molecule has 3 heterocycles. The minimum absolute atomic E-state index is 0.245. The van der Waals surface area contributed by atoms with Crippen LogP contribution < -0.4 is 9.64 Å². The van der Waals surface area contributed by atoms with Gasteiger partial charge in [-0.1, -0.05) is 35.9 Å². The van der Waals surface area contributed by atoms with E-state index < -0.39 is 29.1 Å². The number of nitrogens with zero attached hydrogens (tertiary/aromatic N) is 2. The molecule has 0 spiro atoms. The van der Waals surface area contributed by atoms with Crippen molar-refractivity contribution in [2.24, 2.45) is 11.8 Å². The minimum Gasteiger partial charge on any atom is -0.493 e. The van der Waals surface area contributed by atoms with Crippen molar-refractivity contribution in [2.45, 2.75) is 37.1 Å². The Morgan fingerprint density at radius 3 is 2.50 bits per heavy atom. The second-order valence-corrected chi connectivity index (χ2v) is 10.3. The van der Waals surface area contributed by atoms with Crippen LogP contribution in [0.15, 0.2) is 60.7 Å². The van der Waals surface area contributed by atoms with Crippen LogP contribution in [-0.4, -0.2) is 40.8 Å². The fourth-order valence-electron chi connectivity index (χ4n) is 6.31. The van der Waals surface area contributed by atoms with Gasteiger partial charge in [0.05, 0.1) is 47.5 Å². The number of imide groups is 1. The van der Waals surface area contributed by atoms with Crippen molar-refractivity contribution in [2.75, 3.05) is 11.5 Å². The number of aliphatic hydroxyl groups is 1. The molecule has 5 atom stereocenters. The van der Waals surface area contributed by atoms with E-state index in [1.54, 1.807) is 55.5 Å². The van der Waals surface area contributed by atoms with Gasteiger partial charge in [-0.25, -0.2) is 4.90 Å². The Kier molecular flexibility index (Phi) is 5.13. The lowest BCUT2D eigenvalue weighted by atomic mass is 9.66. The molecule has 36 heavy (non-hydrogen) atoms. The third-order valence-corrected chi connectivity index (χ3v) is 8.24. The first-order chi connectivity index (χ1) is 17.3. The first-order valence-electron chi connectivity index (χ1n) is 11.9. The third kappa shape index (κ3) is 3.12. The number of rotatable bonds is 5. The Balaban J connectivity index is 1.35. The number of amides is 2. The van der Waals surface area contributed by atoms with Gasteiger partial charge in [0, 0.05) is 28.6 Å². The monoisotopic (exact) mass is 502 g/mol. The van der Waals surface area contributed by atoms with Crippen molar-refractivity contribution in [3.05, 3.63) is 71.2 Å². The highest BCUT2D eigenvalue weighted by molar-refractivity contribution is 6.30. The van der Waals surface area contributed by atoms with Crippen LogP contribution in [0, 0.1) is 23.2 Å². The first-order valence-corrected chi connectivity index (χ1v) is 12.2. The standard InChI is InChI=1S/C28H23ClN2O5/c1-27-22(32)14-28(36-27,12-13-35-18-9-7-17(29)8-10-18)24-23(27)25(33)31(26(24)34)21-11-6-16(15-30)19-4-2-3-5-20(19)21/h2-11,22-24,32H,12-14H2,1H3/t22?,23-,24+,27-,28+/m1/s1. The summed E-state index contributed by atoms with van der Waals surface area (Å²) >= 11 is 5.95. The summed E-state index contributed by atoms with van der Waals surface area (Å²) in [6.45, 7) is 1.96. The number of nitriles is 1. The van der Waals surface area contributed by atoms with Crippen LogP contribution in [0.25, 0.3) is 10.8 Å². The lowest BCUT2D eigenvalue weighted by Crippen LogP contribution is -2.49. The van der Waals surface area contributed by atoms with Crippen LogP contribution in [0.4, 0.5) is 5.69 Å². The molecule has 3 aromatic carbocycles. The number of aliphatic hydroxyl groups excluding tert-OH is 1. The van der Waals surface area contributed by atoms with E-state index >= 15 is 0 Å². The van der Waals surface area contributed by atoms with Gasteiger partial charge in [0.1, 0.15) is 11.4 Å². The molecule has 2 bridgehead atoms. The number of hydrogen-bond acceptors (Lipinski definition) is 6. The minimum atomic E-state index is -1.17. The van der Waals surface area contributed by atoms with Crippen LogP contribution >= 0.6 is 11.6 Å². The topological polar surface area (TPSA) is 99.9 Å². The average molecular weight is 503 g/mol. The fraction of sp³-hybridized carbons (Fsp3) is 0.321. The largest absolute Gasteiger partial charge is 0.493 e. The molecule has 3 aromatic rings. The quantitative estimate of drug-likeness (QED) is 0.524. The smallest absolute Gasteiger partial charge is 0.240 e. The lowest BCUT2D eigenvalue weighted by molar-refractivity contribution is -0.134. The fourth-order valence-corrected chi connectivity index (χ4v) is 6.44.